The van der Waals surface area contributed by atoms with Gasteiger partial charge >= 0.3 is 0 Å². The Morgan fingerprint density at radius 2 is 2.19 bits per heavy atom. The molecule has 0 bridgehead atoms. The Bertz CT molecular complexity index is 463. The molecule has 1 aromatic rings. The summed E-state index contributed by atoms with van der Waals surface area (Å²) in [5.41, 5.74) is 0.577. The van der Waals surface area contributed by atoms with Crippen molar-refractivity contribution in [2.75, 3.05) is 12.8 Å². The Morgan fingerprint density at radius 3 is 2.90 bits per heavy atom. The van der Waals surface area contributed by atoms with Crippen LogP contribution in [0.1, 0.15) is 37.7 Å². The van der Waals surface area contributed by atoms with Crippen LogP contribution in [0.25, 0.3) is 0 Å². The molecule has 1 saturated heterocycles. The molecular formula is C16H22FNOS2. The SMILES string of the molecule is CN(Cc1ccccc1F)C(=O)CCCCC1CCSS1. The lowest BCUT2D eigenvalue weighted by molar-refractivity contribution is -0.130. The fraction of sp³-hybridized carbons (Fsp3) is 0.562. The number of carbonyl (C=O) groups is 1. The monoisotopic (exact) mass is 327 g/mol. The third-order valence-corrected chi connectivity index (χ3v) is 6.69. The van der Waals surface area contributed by atoms with Crippen LogP contribution < -0.4 is 0 Å². The van der Waals surface area contributed by atoms with Crippen molar-refractivity contribution < 1.29 is 9.18 Å². The molecule has 1 amide bonds. The fourth-order valence-electron chi connectivity index (χ4n) is 2.37. The van der Waals surface area contributed by atoms with Gasteiger partial charge in [-0.1, -0.05) is 46.2 Å². The summed E-state index contributed by atoms with van der Waals surface area (Å²) < 4.78 is 13.6. The van der Waals surface area contributed by atoms with Crippen molar-refractivity contribution in [3.63, 3.8) is 0 Å². The lowest BCUT2D eigenvalue weighted by atomic mass is 10.1. The number of hydrogen-bond donors (Lipinski definition) is 0. The third kappa shape index (κ3) is 5.55. The molecule has 0 N–H and O–H groups in total. The van der Waals surface area contributed by atoms with Crippen LogP contribution in [0.2, 0.25) is 0 Å². The number of rotatable bonds is 7. The van der Waals surface area contributed by atoms with E-state index in [0.29, 0.717) is 18.5 Å². The predicted octanol–water partition coefficient (Wildman–Crippen LogP) is 4.50. The first-order valence-corrected chi connectivity index (χ1v) is 9.80. The fourth-order valence-corrected chi connectivity index (χ4v) is 5.40. The molecule has 1 aliphatic rings. The number of hydrogen-bond acceptors (Lipinski definition) is 3. The molecule has 5 heteroatoms. The maximum Gasteiger partial charge on any atom is 0.222 e. The topological polar surface area (TPSA) is 20.3 Å². The predicted molar refractivity (Wildman–Crippen MR) is 89.8 cm³/mol. The molecule has 0 aliphatic carbocycles. The largest absolute Gasteiger partial charge is 0.341 e. The summed E-state index contributed by atoms with van der Waals surface area (Å²) in [6, 6.07) is 6.63. The molecule has 1 atom stereocenters. The number of unbranched alkanes of at least 4 members (excludes halogenated alkanes) is 1. The van der Waals surface area contributed by atoms with Gasteiger partial charge in [-0.05, 0) is 25.3 Å². The van der Waals surface area contributed by atoms with Crippen LogP contribution in [0.3, 0.4) is 0 Å². The van der Waals surface area contributed by atoms with Crippen LogP contribution in [-0.2, 0) is 11.3 Å². The quantitative estimate of drug-likeness (QED) is 0.543. The van der Waals surface area contributed by atoms with E-state index in [0.717, 1.165) is 18.1 Å². The van der Waals surface area contributed by atoms with Gasteiger partial charge < -0.3 is 4.90 Å². The van der Waals surface area contributed by atoms with E-state index in [2.05, 4.69) is 0 Å². The average Bonchev–Trinajstić information content (AvgIpc) is 2.99. The molecule has 21 heavy (non-hydrogen) atoms. The molecule has 1 aliphatic heterocycles. The highest BCUT2D eigenvalue weighted by atomic mass is 33.1. The van der Waals surface area contributed by atoms with Crippen molar-refractivity contribution >= 4 is 27.5 Å². The van der Waals surface area contributed by atoms with Crippen LogP contribution >= 0.6 is 21.6 Å². The zero-order chi connectivity index (χ0) is 15.1. The minimum atomic E-state index is -0.243. The molecule has 1 fully saturated rings. The van der Waals surface area contributed by atoms with Crippen molar-refractivity contribution in [2.45, 2.75) is 43.9 Å². The van der Waals surface area contributed by atoms with Gasteiger partial charge in [0.15, 0.2) is 0 Å². The molecular weight excluding hydrogens is 305 g/mol. The molecule has 0 saturated carbocycles. The Balaban J connectivity index is 1.66. The van der Waals surface area contributed by atoms with E-state index < -0.39 is 0 Å². The Labute approximate surface area is 134 Å². The van der Waals surface area contributed by atoms with E-state index in [1.165, 1.54) is 24.7 Å². The van der Waals surface area contributed by atoms with Gasteiger partial charge in [-0.2, -0.15) is 0 Å². The van der Waals surface area contributed by atoms with E-state index in [1.807, 2.05) is 21.6 Å². The molecule has 1 aromatic carbocycles. The van der Waals surface area contributed by atoms with Crippen LogP contribution in [0, 0.1) is 5.82 Å². The van der Waals surface area contributed by atoms with Crippen molar-refractivity contribution in [1.29, 1.82) is 0 Å². The van der Waals surface area contributed by atoms with Gasteiger partial charge in [0, 0.05) is 36.6 Å². The van der Waals surface area contributed by atoms with Gasteiger partial charge in [0.25, 0.3) is 0 Å². The Morgan fingerprint density at radius 1 is 1.38 bits per heavy atom. The lowest BCUT2D eigenvalue weighted by Gasteiger charge is -2.17. The minimum Gasteiger partial charge on any atom is -0.341 e. The first kappa shape index (κ1) is 16.7. The normalized spacial score (nSPS) is 17.9. The van der Waals surface area contributed by atoms with Gasteiger partial charge in [-0.25, -0.2) is 4.39 Å². The van der Waals surface area contributed by atoms with E-state index in [9.17, 15) is 9.18 Å². The van der Waals surface area contributed by atoms with Gasteiger partial charge in [-0.3, -0.25) is 4.79 Å². The highest BCUT2D eigenvalue weighted by Gasteiger charge is 2.16. The van der Waals surface area contributed by atoms with E-state index in [-0.39, 0.29) is 11.7 Å². The van der Waals surface area contributed by atoms with Crippen LogP contribution in [0.15, 0.2) is 24.3 Å². The summed E-state index contributed by atoms with van der Waals surface area (Å²) in [4.78, 5) is 13.7. The maximum atomic E-state index is 13.6. The van der Waals surface area contributed by atoms with Crippen LogP contribution in [0.5, 0.6) is 0 Å². The summed E-state index contributed by atoms with van der Waals surface area (Å²) in [7, 11) is 5.70. The van der Waals surface area contributed by atoms with Gasteiger partial charge in [0.2, 0.25) is 5.91 Å². The third-order valence-electron chi connectivity index (χ3n) is 3.69. The Hall–Kier alpha value is -0.680. The first-order chi connectivity index (χ1) is 10.2. The van der Waals surface area contributed by atoms with Crippen molar-refractivity contribution in [3.8, 4) is 0 Å². The molecule has 116 valence electrons. The van der Waals surface area contributed by atoms with Crippen LogP contribution in [0.4, 0.5) is 4.39 Å². The van der Waals surface area contributed by atoms with Crippen molar-refractivity contribution in [2.24, 2.45) is 0 Å². The highest BCUT2D eigenvalue weighted by Crippen LogP contribution is 2.39. The maximum absolute atomic E-state index is 13.6. The number of nitrogens with zero attached hydrogens (tertiary/aromatic N) is 1. The van der Waals surface area contributed by atoms with Gasteiger partial charge in [0.05, 0.1) is 0 Å². The number of carbonyl (C=O) groups excluding carboxylic acids is 1. The average molecular weight is 327 g/mol. The Kier molecular flexibility index (Phi) is 6.90. The van der Waals surface area contributed by atoms with E-state index in [1.54, 1.807) is 30.1 Å². The van der Waals surface area contributed by atoms with Crippen molar-refractivity contribution in [1.82, 2.24) is 4.90 Å². The zero-order valence-electron chi connectivity index (χ0n) is 12.4. The van der Waals surface area contributed by atoms with E-state index >= 15 is 0 Å². The molecule has 0 radical (unpaired) electrons. The summed E-state index contributed by atoms with van der Waals surface area (Å²) in [5, 5.41) is 0.779. The smallest absolute Gasteiger partial charge is 0.222 e. The van der Waals surface area contributed by atoms with Gasteiger partial charge in [0.1, 0.15) is 5.82 Å². The molecule has 1 heterocycles. The highest BCUT2D eigenvalue weighted by molar-refractivity contribution is 8.77. The second kappa shape index (κ2) is 8.69. The molecule has 1 unspecified atom stereocenters. The van der Waals surface area contributed by atoms with Crippen molar-refractivity contribution in [3.05, 3.63) is 35.6 Å². The molecule has 0 spiro atoms. The number of amides is 1. The van der Waals surface area contributed by atoms with Crippen LogP contribution in [-0.4, -0.2) is 28.9 Å². The summed E-state index contributed by atoms with van der Waals surface area (Å²) in [6.45, 7) is 0.348. The zero-order valence-corrected chi connectivity index (χ0v) is 14.0. The van der Waals surface area contributed by atoms with E-state index in [4.69, 9.17) is 0 Å². The second-order valence-electron chi connectivity index (χ2n) is 5.42. The summed E-state index contributed by atoms with van der Waals surface area (Å²) in [5.74, 6) is 1.12. The second-order valence-corrected chi connectivity index (χ2v) is 8.20. The summed E-state index contributed by atoms with van der Waals surface area (Å²) in [6.07, 6.45) is 5.12. The first-order valence-electron chi connectivity index (χ1n) is 7.42. The minimum absolute atomic E-state index is 0.103. The lowest BCUT2D eigenvalue weighted by Crippen LogP contribution is -2.26. The number of benzene rings is 1. The molecule has 0 aromatic heterocycles. The summed E-state index contributed by atoms with van der Waals surface area (Å²) >= 11 is 0. The molecule has 2 nitrogen and oxygen atoms in total. The van der Waals surface area contributed by atoms with Gasteiger partial charge in [-0.15, -0.1) is 0 Å². The number of halogens is 1. The standard InChI is InChI=1S/C16H22FNOS2/c1-18(12-13-6-2-4-8-15(13)17)16(19)9-5-3-7-14-10-11-20-21-14/h2,4,6,8,14H,3,5,7,9-12H2,1H3. The molecule has 2 rings (SSSR count).